The van der Waals surface area contributed by atoms with Crippen LogP contribution in [0.4, 0.5) is 10.1 Å². The molecule has 140 valence electrons. The fourth-order valence-electron chi connectivity index (χ4n) is 2.72. The summed E-state index contributed by atoms with van der Waals surface area (Å²) < 4.78 is 23.9. The number of hydrogen-bond acceptors (Lipinski definition) is 6. The molecule has 0 spiro atoms. The molecule has 1 aliphatic heterocycles. The number of nitrogens with zero attached hydrogens (tertiary/aromatic N) is 2. The van der Waals surface area contributed by atoms with Crippen LogP contribution in [0.5, 0.6) is 5.75 Å². The van der Waals surface area contributed by atoms with E-state index in [1.807, 2.05) is 30.3 Å². The number of ketones is 1. The summed E-state index contributed by atoms with van der Waals surface area (Å²) >= 11 is 0. The molecule has 0 bridgehead atoms. The van der Waals surface area contributed by atoms with Crippen molar-refractivity contribution >= 4 is 23.7 Å². The van der Waals surface area contributed by atoms with Crippen LogP contribution in [0, 0.1) is 11.7 Å². The van der Waals surface area contributed by atoms with E-state index in [9.17, 15) is 14.0 Å². The zero-order chi connectivity index (χ0) is 19.2. The number of para-hydroxylation sites is 1. The molecule has 6 nitrogen and oxygen atoms in total. The fourth-order valence-corrected chi connectivity index (χ4v) is 2.72. The smallest absolute Gasteiger partial charge is 0.344 e. The zero-order valence-electron chi connectivity index (χ0n) is 14.8. The molecule has 1 heterocycles. The summed E-state index contributed by atoms with van der Waals surface area (Å²) in [5, 5.41) is 5.97. The Hall–Kier alpha value is -3.22. The molecule has 0 aromatic heterocycles. The molecular weight excluding hydrogens is 351 g/mol. The van der Waals surface area contributed by atoms with Gasteiger partial charge in [-0.05, 0) is 37.3 Å². The first-order valence-electron chi connectivity index (χ1n) is 8.57. The van der Waals surface area contributed by atoms with Gasteiger partial charge < -0.3 is 9.47 Å². The Kier molecular flexibility index (Phi) is 5.80. The van der Waals surface area contributed by atoms with Gasteiger partial charge in [-0.3, -0.25) is 9.80 Å². The molecule has 0 saturated heterocycles. The van der Waals surface area contributed by atoms with E-state index < -0.39 is 17.7 Å². The molecule has 27 heavy (non-hydrogen) atoms. The van der Waals surface area contributed by atoms with Gasteiger partial charge in [0.15, 0.2) is 12.4 Å². The van der Waals surface area contributed by atoms with Crippen molar-refractivity contribution in [3.8, 4) is 5.75 Å². The average Bonchev–Trinajstić information content (AvgIpc) is 3.17. The lowest BCUT2D eigenvalue weighted by Crippen LogP contribution is -2.25. The van der Waals surface area contributed by atoms with E-state index in [4.69, 9.17) is 9.47 Å². The van der Waals surface area contributed by atoms with E-state index >= 15 is 0 Å². The third-order valence-corrected chi connectivity index (χ3v) is 4.00. The van der Waals surface area contributed by atoms with Gasteiger partial charge in [0.25, 0.3) is 0 Å². The number of benzene rings is 2. The van der Waals surface area contributed by atoms with Gasteiger partial charge in [0, 0.05) is 6.21 Å². The number of carbonyl (C=O) groups is 2. The van der Waals surface area contributed by atoms with E-state index in [-0.39, 0.29) is 30.3 Å². The zero-order valence-corrected chi connectivity index (χ0v) is 14.8. The van der Waals surface area contributed by atoms with Gasteiger partial charge >= 0.3 is 5.97 Å². The van der Waals surface area contributed by atoms with Gasteiger partial charge in [-0.1, -0.05) is 18.2 Å². The summed E-state index contributed by atoms with van der Waals surface area (Å²) in [4.78, 5) is 24.4. The van der Waals surface area contributed by atoms with Crippen LogP contribution in [-0.2, 0) is 9.53 Å². The number of hydrogen-bond donors (Lipinski definition) is 0. The number of rotatable bonds is 7. The highest BCUT2D eigenvalue weighted by molar-refractivity contribution is 6.09. The molecule has 0 N–H and O–H groups in total. The first-order valence-corrected chi connectivity index (χ1v) is 8.57. The van der Waals surface area contributed by atoms with Gasteiger partial charge in [-0.25, -0.2) is 9.18 Å². The Morgan fingerprint density at radius 3 is 2.74 bits per heavy atom. The predicted molar refractivity (Wildman–Crippen MR) is 98.6 cm³/mol. The van der Waals surface area contributed by atoms with Crippen LogP contribution >= 0.6 is 0 Å². The standard InChI is InChI=1S/C20H19FN2O4/c1-2-26-19(24)13-27-18-9-8-15(21)10-17(18)20(25)14-11-22-23(12-14)16-6-4-3-5-7-16/h3-11,14H,2,12-13H2,1H3. The summed E-state index contributed by atoms with van der Waals surface area (Å²) in [7, 11) is 0. The molecule has 0 fully saturated rings. The largest absolute Gasteiger partial charge is 0.481 e. The van der Waals surface area contributed by atoms with Crippen molar-refractivity contribution in [3.63, 3.8) is 0 Å². The van der Waals surface area contributed by atoms with E-state index in [0.29, 0.717) is 6.54 Å². The van der Waals surface area contributed by atoms with Crippen LogP contribution in [0.25, 0.3) is 0 Å². The highest BCUT2D eigenvalue weighted by Gasteiger charge is 2.28. The Labute approximate surface area is 156 Å². The number of Topliss-reactive ketones (excluding diaryl/α,β-unsaturated/α-hetero) is 1. The van der Waals surface area contributed by atoms with Crippen molar-refractivity contribution in [2.45, 2.75) is 6.92 Å². The van der Waals surface area contributed by atoms with Gasteiger partial charge in [0.1, 0.15) is 11.6 Å². The lowest BCUT2D eigenvalue weighted by Gasteiger charge is -2.16. The van der Waals surface area contributed by atoms with Crippen LogP contribution in [0.1, 0.15) is 17.3 Å². The predicted octanol–water partition coefficient (Wildman–Crippen LogP) is 3.07. The summed E-state index contributed by atoms with van der Waals surface area (Å²) in [6.07, 6.45) is 1.54. The van der Waals surface area contributed by atoms with Crippen LogP contribution in [0.2, 0.25) is 0 Å². The average molecular weight is 370 g/mol. The second-order valence-corrected chi connectivity index (χ2v) is 5.89. The molecular formula is C20H19FN2O4. The van der Waals surface area contributed by atoms with Crippen molar-refractivity contribution in [1.29, 1.82) is 0 Å². The quantitative estimate of drug-likeness (QED) is 0.553. The van der Waals surface area contributed by atoms with Gasteiger partial charge in [0.2, 0.25) is 0 Å². The maximum Gasteiger partial charge on any atom is 0.344 e. The summed E-state index contributed by atoms with van der Waals surface area (Å²) in [6.45, 7) is 1.90. The fraction of sp³-hybridized carbons (Fsp3) is 0.250. The first-order chi connectivity index (χ1) is 13.1. The number of halogens is 1. The Bertz CT molecular complexity index is 854. The van der Waals surface area contributed by atoms with Crippen LogP contribution < -0.4 is 9.75 Å². The van der Waals surface area contributed by atoms with Gasteiger partial charge in [-0.15, -0.1) is 0 Å². The molecule has 3 rings (SSSR count). The maximum atomic E-state index is 13.7. The topological polar surface area (TPSA) is 68.2 Å². The molecule has 0 radical (unpaired) electrons. The first kappa shape index (κ1) is 18.6. The minimum Gasteiger partial charge on any atom is -0.481 e. The Morgan fingerprint density at radius 2 is 2.00 bits per heavy atom. The summed E-state index contributed by atoms with van der Waals surface area (Å²) in [5.41, 5.74) is 0.938. The lowest BCUT2D eigenvalue weighted by atomic mass is 9.98. The molecule has 0 saturated carbocycles. The van der Waals surface area contributed by atoms with E-state index in [0.717, 1.165) is 11.8 Å². The molecule has 1 unspecified atom stereocenters. The summed E-state index contributed by atoms with van der Waals surface area (Å²) in [5.74, 6) is -1.84. The lowest BCUT2D eigenvalue weighted by molar-refractivity contribution is -0.145. The van der Waals surface area contributed by atoms with Crippen molar-refractivity contribution < 1.29 is 23.5 Å². The normalized spacial score (nSPS) is 15.6. The van der Waals surface area contributed by atoms with E-state index in [1.54, 1.807) is 11.9 Å². The minimum absolute atomic E-state index is 0.0747. The molecule has 1 aliphatic rings. The number of anilines is 1. The third kappa shape index (κ3) is 4.49. The van der Waals surface area contributed by atoms with E-state index in [2.05, 4.69) is 5.10 Å². The van der Waals surface area contributed by atoms with Crippen molar-refractivity contribution in [3.05, 3.63) is 59.9 Å². The number of ether oxygens (including phenoxy) is 2. The van der Waals surface area contributed by atoms with Crippen LogP contribution in [-0.4, -0.2) is 37.7 Å². The van der Waals surface area contributed by atoms with Crippen LogP contribution in [0.15, 0.2) is 53.6 Å². The highest BCUT2D eigenvalue weighted by Crippen LogP contribution is 2.26. The summed E-state index contributed by atoms with van der Waals surface area (Å²) in [6, 6.07) is 13.1. The number of esters is 1. The molecule has 0 amide bonds. The molecule has 2 aromatic carbocycles. The highest BCUT2D eigenvalue weighted by atomic mass is 19.1. The van der Waals surface area contributed by atoms with Gasteiger partial charge in [0.05, 0.1) is 30.3 Å². The van der Waals surface area contributed by atoms with Crippen molar-refractivity contribution in [1.82, 2.24) is 0 Å². The second-order valence-electron chi connectivity index (χ2n) is 5.89. The maximum absolute atomic E-state index is 13.7. The Morgan fingerprint density at radius 1 is 1.22 bits per heavy atom. The monoisotopic (exact) mass is 370 g/mol. The molecule has 0 aliphatic carbocycles. The van der Waals surface area contributed by atoms with Crippen LogP contribution in [0.3, 0.4) is 0 Å². The van der Waals surface area contributed by atoms with E-state index in [1.165, 1.54) is 18.3 Å². The van der Waals surface area contributed by atoms with Crippen molar-refractivity contribution in [2.24, 2.45) is 11.0 Å². The second kappa shape index (κ2) is 8.44. The molecule has 1 atom stereocenters. The molecule has 2 aromatic rings. The third-order valence-electron chi connectivity index (χ3n) is 4.00. The van der Waals surface area contributed by atoms with Crippen molar-refractivity contribution in [2.75, 3.05) is 24.8 Å². The van der Waals surface area contributed by atoms with Gasteiger partial charge in [-0.2, -0.15) is 5.10 Å². The Balaban J connectivity index is 1.74. The number of carbonyl (C=O) groups excluding carboxylic acids is 2. The molecule has 7 heteroatoms. The number of hydrazone groups is 1. The SMILES string of the molecule is CCOC(=O)COc1ccc(F)cc1C(=O)C1C=NN(c2ccccc2)C1. The minimum atomic E-state index is -0.559.